The average molecular weight is 404 g/mol. The maximum atomic E-state index is 12.4. The fourth-order valence-electron chi connectivity index (χ4n) is 3.03. The molecule has 1 aliphatic heterocycles. The number of amides is 2. The number of carbonyl (C=O) groups excluding carboxylic acids is 1. The molecule has 1 aliphatic rings. The highest BCUT2D eigenvalue weighted by Crippen LogP contribution is 2.18. The summed E-state index contributed by atoms with van der Waals surface area (Å²) in [6, 6.07) is 14.3. The predicted octanol–water partition coefficient (Wildman–Crippen LogP) is 3.15. The summed E-state index contributed by atoms with van der Waals surface area (Å²) in [5.74, 6) is 0.365. The topological polar surface area (TPSA) is 82.1 Å². The molecule has 2 aromatic rings. The van der Waals surface area contributed by atoms with E-state index in [4.69, 9.17) is 21.4 Å². The molecule has 0 radical (unpaired) electrons. The molecule has 0 saturated carbocycles. The summed E-state index contributed by atoms with van der Waals surface area (Å²) >= 11 is 5.91. The molecule has 0 spiro atoms. The van der Waals surface area contributed by atoms with Gasteiger partial charge in [0.1, 0.15) is 5.75 Å². The van der Waals surface area contributed by atoms with Crippen LogP contribution in [0.4, 0.5) is 10.5 Å². The van der Waals surface area contributed by atoms with Gasteiger partial charge in [-0.2, -0.15) is 0 Å². The third-order valence-corrected chi connectivity index (χ3v) is 4.74. The summed E-state index contributed by atoms with van der Waals surface area (Å²) in [4.78, 5) is 27.2. The lowest BCUT2D eigenvalue weighted by molar-refractivity contribution is -0.135. The molecule has 0 bridgehead atoms. The molecule has 28 heavy (non-hydrogen) atoms. The molecule has 0 atom stereocenters. The summed E-state index contributed by atoms with van der Waals surface area (Å²) in [6.45, 7) is 3.65. The maximum Gasteiger partial charge on any atom is 0.409 e. The highest BCUT2D eigenvalue weighted by atomic mass is 35.5. The highest BCUT2D eigenvalue weighted by molar-refractivity contribution is 6.30. The number of rotatable bonds is 6. The minimum atomic E-state index is -1.15. The molecule has 148 valence electrons. The maximum absolute atomic E-state index is 12.4. The number of nitrogens with one attached hydrogen (secondary N) is 1. The van der Waals surface area contributed by atoms with Crippen molar-refractivity contribution in [3.63, 3.8) is 0 Å². The van der Waals surface area contributed by atoms with Gasteiger partial charge in [0.05, 0.1) is 0 Å². The van der Waals surface area contributed by atoms with E-state index in [1.165, 1.54) is 5.56 Å². The number of anilines is 1. The van der Waals surface area contributed by atoms with Gasteiger partial charge in [0.2, 0.25) is 0 Å². The Morgan fingerprint density at radius 1 is 1.07 bits per heavy atom. The monoisotopic (exact) mass is 403 g/mol. The SMILES string of the molecule is O=C(O)Nc1cccc(OCC(=O)N2CCN(Cc3ccc(Cl)cc3)CC2)c1. The summed E-state index contributed by atoms with van der Waals surface area (Å²) in [7, 11) is 0. The molecule has 0 unspecified atom stereocenters. The fourth-order valence-corrected chi connectivity index (χ4v) is 3.15. The van der Waals surface area contributed by atoms with Crippen molar-refractivity contribution in [2.24, 2.45) is 0 Å². The van der Waals surface area contributed by atoms with Gasteiger partial charge < -0.3 is 14.7 Å². The van der Waals surface area contributed by atoms with Crippen LogP contribution >= 0.6 is 11.6 Å². The van der Waals surface area contributed by atoms with Gasteiger partial charge in [-0.25, -0.2) is 4.79 Å². The van der Waals surface area contributed by atoms with E-state index in [1.54, 1.807) is 29.2 Å². The molecule has 2 aromatic carbocycles. The summed E-state index contributed by atoms with van der Waals surface area (Å²) in [5, 5.41) is 11.7. The number of halogens is 1. The zero-order valence-corrected chi connectivity index (χ0v) is 16.1. The quantitative estimate of drug-likeness (QED) is 0.774. The molecule has 2 amide bonds. The van der Waals surface area contributed by atoms with Gasteiger partial charge in [-0.05, 0) is 29.8 Å². The molecule has 0 aromatic heterocycles. The first-order valence-corrected chi connectivity index (χ1v) is 9.35. The largest absolute Gasteiger partial charge is 0.484 e. The third kappa shape index (κ3) is 5.87. The second-order valence-corrected chi connectivity index (χ2v) is 6.97. The van der Waals surface area contributed by atoms with E-state index in [2.05, 4.69) is 10.2 Å². The van der Waals surface area contributed by atoms with Crippen molar-refractivity contribution >= 4 is 29.3 Å². The molecule has 7 nitrogen and oxygen atoms in total. The number of carboxylic acid groups (broad SMARTS) is 1. The minimum absolute atomic E-state index is 0.0757. The Kier molecular flexibility index (Phi) is 6.73. The van der Waals surface area contributed by atoms with Crippen LogP contribution < -0.4 is 10.1 Å². The number of carbonyl (C=O) groups is 2. The molecular weight excluding hydrogens is 382 g/mol. The van der Waals surface area contributed by atoms with E-state index in [0.29, 0.717) is 24.5 Å². The van der Waals surface area contributed by atoms with Crippen LogP contribution in [0.5, 0.6) is 5.75 Å². The van der Waals surface area contributed by atoms with Crippen LogP contribution in [0.2, 0.25) is 5.02 Å². The van der Waals surface area contributed by atoms with E-state index in [1.807, 2.05) is 24.3 Å². The molecule has 1 heterocycles. The standard InChI is InChI=1S/C20H22ClN3O4/c21-16-6-4-15(5-7-16)13-23-8-10-24(11-9-23)19(25)14-28-18-3-1-2-17(12-18)22-20(26)27/h1-7,12,22H,8-11,13-14H2,(H,26,27). The second kappa shape index (κ2) is 9.43. The van der Waals surface area contributed by atoms with Gasteiger partial charge >= 0.3 is 6.09 Å². The first kappa shape index (κ1) is 20.0. The van der Waals surface area contributed by atoms with Crippen LogP contribution in [-0.4, -0.2) is 59.7 Å². The van der Waals surface area contributed by atoms with E-state index in [-0.39, 0.29) is 12.5 Å². The Labute approximate surface area is 168 Å². The van der Waals surface area contributed by atoms with Crippen LogP contribution in [0, 0.1) is 0 Å². The molecule has 8 heteroatoms. The second-order valence-electron chi connectivity index (χ2n) is 6.53. The third-order valence-electron chi connectivity index (χ3n) is 4.49. The molecule has 1 fully saturated rings. The fraction of sp³-hybridized carbons (Fsp3) is 0.300. The van der Waals surface area contributed by atoms with Gasteiger partial charge in [0, 0.05) is 49.5 Å². The van der Waals surface area contributed by atoms with Gasteiger partial charge in [-0.15, -0.1) is 0 Å². The van der Waals surface area contributed by atoms with Crippen molar-refractivity contribution in [1.29, 1.82) is 0 Å². The van der Waals surface area contributed by atoms with E-state index < -0.39 is 6.09 Å². The Balaban J connectivity index is 1.44. The zero-order valence-electron chi connectivity index (χ0n) is 15.3. The Hall–Kier alpha value is -2.77. The Morgan fingerprint density at radius 3 is 2.46 bits per heavy atom. The normalized spacial score (nSPS) is 14.5. The van der Waals surface area contributed by atoms with Gasteiger partial charge in [0.15, 0.2) is 6.61 Å². The van der Waals surface area contributed by atoms with Crippen molar-refractivity contribution in [2.45, 2.75) is 6.54 Å². The smallest absolute Gasteiger partial charge is 0.409 e. The average Bonchev–Trinajstić information content (AvgIpc) is 2.68. The van der Waals surface area contributed by atoms with Crippen LogP contribution in [0.15, 0.2) is 48.5 Å². The van der Waals surface area contributed by atoms with Crippen LogP contribution in [0.25, 0.3) is 0 Å². The Bertz CT molecular complexity index is 820. The minimum Gasteiger partial charge on any atom is -0.484 e. The van der Waals surface area contributed by atoms with Crippen molar-refractivity contribution in [3.8, 4) is 5.75 Å². The predicted molar refractivity (Wildman–Crippen MR) is 107 cm³/mol. The molecule has 1 saturated heterocycles. The first-order chi connectivity index (χ1) is 13.5. The summed E-state index contributed by atoms with van der Waals surface area (Å²) < 4.78 is 5.53. The van der Waals surface area contributed by atoms with Crippen LogP contribution in [0.1, 0.15) is 5.56 Å². The van der Waals surface area contributed by atoms with E-state index >= 15 is 0 Å². The lowest BCUT2D eigenvalue weighted by atomic mass is 10.2. The lowest BCUT2D eigenvalue weighted by Gasteiger charge is -2.34. The highest BCUT2D eigenvalue weighted by Gasteiger charge is 2.21. The number of benzene rings is 2. The molecule has 0 aliphatic carbocycles. The number of hydrogen-bond donors (Lipinski definition) is 2. The van der Waals surface area contributed by atoms with Gasteiger partial charge in [-0.1, -0.05) is 29.8 Å². The van der Waals surface area contributed by atoms with Gasteiger partial charge in [0.25, 0.3) is 5.91 Å². The number of nitrogens with zero attached hydrogens (tertiary/aromatic N) is 2. The number of piperazine rings is 1. The van der Waals surface area contributed by atoms with Crippen molar-refractivity contribution in [3.05, 3.63) is 59.1 Å². The molecule has 3 rings (SSSR count). The molecule has 2 N–H and O–H groups in total. The summed E-state index contributed by atoms with van der Waals surface area (Å²) in [6.07, 6.45) is -1.15. The Morgan fingerprint density at radius 2 is 1.79 bits per heavy atom. The summed E-state index contributed by atoms with van der Waals surface area (Å²) in [5.41, 5.74) is 1.59. The van der Waals surface area contributed by atoms with Crippen LogP contribution in [-0.2, 0) is 11.3 Å². The molecular formula is C20H22ClN3O4. The van der Waals surface area contributed by atoms with Crippen molar-refractivity contribution in [2.75, 3.05) is 38.1 Å². The lowest BCUT2D eigenvalue weighted by Crippen LogP contribution is -2.49. The van der Waals surface area contributed by atoms with Gasteiger partial charge in [-0.3, -0.25) is 15.0 Å². The van der Waals surface area contributed by atoms with E-state index in [9.17, 15) is 9.59 Å². The van der Waals surface area contributed by atoms with Crippen molar-refractivity contribution < 1.29 is 19.4 Å². The zero-order chi connectivity index (χ0) is 19.9. The number of hydrogen-bond acceptors (Lipinski definition) is 4. The van der Waals surface area contributed by atoms with Crippen LogP contribution in [0.3, 0.4) is 0 Å². The number of ether oxygens (including phenoxy) is 1. The van der Waals surface area contributed by atoms with Crippen molar-refractivity contribution in [1.82, 2.24) is 9.80 Å². The van der Waals surface area contributed by atoms with E-state index in [0.717, 1.165) is 24.7 Å². The first-order valence-electron chi connectivity index (χ1n) is 8.97.